The van der Waals surface area contributed by atoms with Gasteiger partial charge in [-0.1, -0.05) is 65.0 Å². The SMILES string of the molecule is CCC1C=C(C(=O)CCC[C@@H]2C[C@H]3CC[C@@H](C2)N3CC(=O)CC(C)C(C)(C)C)c2ccccc2C1. The molecule has 2 saturated heterocycles. The number of Topliss-reactive ketones (excluding diaryl/α,β-unsaturated/α-hetero) is 2. The second-order valence-electron chi connectivity index (χ2n) is 12.8. The summed E-state index contributed by atoms with van der Waals surface area (Å²) in [4.78, 5) is 28.6. The van der Waals surface area contributed by atoms with Gasteiger partial charge in [-0.2, -0.15) is 0 Å². The molecule has 3 aliphatic rings. The molecule has 35 heavy (non-hydrogen) atoms. The van der Waals surface area contributed by atoms with Crippen LogP contribution >= 0.6 is 0 Å². The minimum atomic E-state index is 0.187. The van der Waals surface area contributed by atoms with Crippen molar-refractivity contribution in [2.75, 3.05) is 6.54 Å². The van der Waals surface area contributed by atoms with Crippen molar-refractivity contribution < 1.29 is 9.59 Å². The van der Waals surface area contributed by atoms with Crippen molar-refractivity contribution >= 4 is 17.1 Å². The van der Waals surface area contributed by atoms with Gasteiger partial charge in [0, 0.05) is 30.5 Å². The van der Waals surface area contributed by atoms with Gasteiger partial charge in [0.25, 0.3) is 0 Å². The average molecular weight is 478 g/mol. The highest BCUT2D eigenvalue weighted by Crippen LogP contribution is 2.41. The molecule has 0 saturated carbocycles. The molecule has 2 bridgehead atoms. The van der Waals surface area contributed by atoms with Gasteiger partial charge in [-0.25, -0.2) is 0 Å². The molecule has 1 aliphatic carbocycles. The largest absolute Gasteiger partial charge is 0.298 e. The molecule has 2 unspecified atom stereocenters. The van der Waals surface area contributed by atoms with Crippen molar-refractivity contribution in [3.05, 3.63) is 41.5 Å². The van der Waals surface area contributed by atoms with Gasteiger partial charge >= 0.3 is 0 Å². The van der Waals surface area contributed by atoms with E-state index in [4.69, 9.17) is 0 Å². The summed E-state index contributed by atoms with van der Waals surface area (Å²) >= 11 is 0. The van der Waals surface area contributed by atoms with Crippen LogP contribution in [0.1, 0.15) is 104 Å². The zero-order valence-corrected chi connectivity index (χ0v) is 22.8. The van der Waals surface area contributed by atoms with Crippen LogP contribution in [-0.4, -0.2) is 35.1 Å². The Bertz CT molecular complexity index is 925. The van der Waals surface area contributed by atoms with Crippen molar-refractivity contribution in [3.63, 3.8) is 0 Å². The molecule has 2 fully saturated rings. The molecule has 192 valence electrons. The third kappa shape index (κ3) is 6.34. The van der Waals surface area contributed by atoms with Crippen LogP contribution in [0.25, 0.3) is 5.57 Å². The summed E-state index contributed by atoms with van der Waals surface area (Å²) in [5.74, 6) is 2.35. The van der Waals surface area contributed by atoms with E-state index in [2.05, 4.69) is 69.9 Å². The number of carbonyl (C=O) groups excluding carboxylic acids is 2. The predicted molar refractivity (Wildman–Crippen MR) is 145 cm³/mol. The number of fused-ring (bicyclic) bond motifs is 3. The Balaban J connectivity index is 1.26. The van der Waals surface area contributed by atoms with E-state index in [0.29, 0.717) is 60.8 Å². The maximum Gasteiger partial charge on any atom is 0.163 e. The summed E-state index contributed by atoms with van der Waals surface area (Å²) < 4.78 is 0. The fourth-order valence-corrected chi connectivity index (χ4v) is 6.62. The third-order valence-electron chi connectivity index (χ3n) is 9.39. The number of allylic oxidation sites excluding steroid dienone is 2. The van der Waals surface area contributed by atoms with E-state index in [1.807, 2.05) is 0 Å². The smallest absolute Gasteiger partial charge is 0.163 e. The summed E-state index contributed by atoms with van der Waals surface area (Å²) in [5.41, 5.74) is 3.66. The number of hydrogen-bond acceptors (Lipinski definition) is 3. The van der Waals surface area contributed by atoms with Crippen molar-refractivity contribution in [1.29, 1.82) is 0 Å². The highest BCUT2D eigenvalue weighted by Gasteiger charge is 2.41. The molecule has 5 atom stereocenters. The minimum absolute atomic E-state index is 0.187. The number of piperidine rings is 1. The first kappa shape index (κ1) is 26.3. The van der Waals surface area contributed by atoms with E-state index in [1.165, 1.54) is 36.8 Å². The highest BCUT2D eigenvalue weighted by atomic mass is 16.1. The lowest BCUT2D eigenvalue weighted by Gasteiger charge is -2.39. The lowest BCUT2D eigenvalue weighted by Crippen LogP contribution is -2.45. The summed E-state index contributed by atoms with van der Waals surface area (Å²) in [6.07, 6.45) is 12.8. The van der Waals surface area contributed by atoms with Crippen LogP contribution < -0.4 is 0 Å². The van der Waals surface area contributed by atoms with Crippen LogP contribution in [0.5, 0.6) is 0 Å². The molecule has 0 aromatic heterocycles. The van der Waals surface area contributed by atoms with Gasteiger partial charge in [-0.05, 0) is 85.7 Å². The van der Waals surface area contributed by atoms with Crippen LogP contribution in [0.2, 0.25) is 0 Å². The molecule has 1 aromatic carbocycles. The van der Waals surface area contributed by atoms with Crippen LogP contribution in [0.15, 0.2) is 30.3 Å². The van der Waals surface area contributed by atoms with Gasteiger partial charge < -0.3 is 0 Å². The van der Waals surface area contributed by atoms with E-state index in [-0.39, 0.29) is 5.41 Å². The maximum absolute atomic E-state index is 13.2. The quantitative estimate of drug-likeness (QED) is 0.355. The normalized spacial score (nSPS) is 27.3. The Morgan fingerprint density at radius 3 is 2.43 bits per heavy atom. The number of nitrogens with zero attached hydrogens (tertiary/aromatic N) is 1. The van der Waals surface area contributed by atoms with Crippen LogP contribution in [0.3, 0.4) is 0 Å². The van der Waals surface area contributed by atoms with Gasteiger partial charge in [0.2, 0.25) is 0 Å². The van der Waals surface area contributed by atoms with Crippen LogP contribution in [-0.2, 0) is 16.0 Å². The van der Waals surface area contributed by atoms with Gasteiger partial charge in [-0.3, -0.25) is 14.5 Å². The minimum Gasteiger partial charge on any atom is -0.298 e. The maximum atomic E-state index is 13.2. The number of hydrogen-bond donors (Lipinski definition) is 0. The Kier molecular flexibility index (Phi) is 8.36. The van der Waals surface area contributed by atoms with E-state index in [9.17, 15) is 9.59 Å². The number of benzene rings is 1. The zero-order chi connectivity index (χ0) is 25.2. The van der Waals surface area contributed by atoms with Crippen LogP contribution in [0.4, 0.5) is 0 Å². The molecule has 0 amide bonds. The number of ketones is 2. The molecule has 1 aromatic rings. The van der Waals surface area contributed by atoms with Crippen molar-refractivity contribution in [3.8, 4) is 0 Å². The molecule has 2 aliphatic heterocycles. The lowest BCUT2D eigenvalue weighted by atomic mass is 9.79. The predicted octanol–water partition coefficient (Wildman–Crippen LogP) is 7.28. The second kappa shape index (κ2) is 11.1. The van der Waals surface area contributed by atoms with Crippen LogP contribution in [0, 0.1) is 23.2 Å². The van der Waals surface area contributed by atoms with Crippen molar-refractivity contribution in [2.45, 2.75) is 111 Å². The van der Waals surface area contributed by atoms with Gasteiger partial charge in [-0.15, -0.1) is 0 Å². The fraction of sp³-hybridized carbons (Fsp3) is 0.688. The monoisotopic (exact) mass is 477 g/mol. The molecule has 3 heteroatoms. The molecule has 0 radical (unpaired) electrons. The van der Waals surface area contributed by atoms with E-state index in [1.54, 1.807) is 0 Å². The summed E-state index contributed by atoms with van der Waals surface area (Å²) in [6.45, 7) is 11.8. The lowest BCUT2D eigenvalue weighted by molar-refractivity contribution is -0.123. The first-order valence-corrected chi connectivity index (χ1v) is 14.3. The van der Waals surface area contributed by atoms with Crippen molar-refractivity contribution in [2.24, 2.45) is 23.2 Å². The standard InChI is InChI=1S/C32H47NO2/c1-6-23-17-25-11-7-8-12-29(25)30(20-23)31(35)13-9-10-24-18-26-14-15-27(19-24)33(26)21-28(34)16-22(2)32(3,4)5/h7-8,11-12,20,22-24,26-27H,6,9-10,13-19,21H2,1-5H3/t22?,23?,24-,26-,27+. The Morgan fingerprint density at radius 2 is 1.77 bits per heavy atom. The number of rotatable bonds is 10. The zero-order valence-electron chi connectivity index (χ0n) is 22.8. The molecule has 2 heterocycles. The summed E-state index contributed by atoms with van der Waals surface area (Å²) in [7, 11) is 0. The Labute approximate surface area is 213 Å². The number of carbonyl (C=O) groups is 2. The first-order chi connectivity index (χ1) is 16.7. The molecule has 3 nitrogen and oxygen atoms in total. The highest BCUT2D eigenvalue weighted by molar-refractivity contribution is 6.21. The van der Waals surface area contributed by atoms with E-state index < -0.39 is 0 Å². The van der Waals surface area contributed by atoms with Crippen molar-refractivity contribution in [1.82, 2.24) is 4.90 Å². The Hall–Kier alpha value is -1.74. The van der Waals surface area contributed by atoms with E-state index >= 15 is 0 Å². The second-order valence-corrected chi connectivity index (χ2v) is 12.8. The molecular weight excluding hydrogens is 430 g/mol. The fourth-order valence-electron chi connectivity index (χ4n) is 6.62. The van der Waals surface area contributed by atoms with E-state index in [0.717, 1.165) is 31.3 Å². The molecule has 0 N–H and O–H groups in total. The van der Waals surface area contributed by atoms with Gasteiger partial charge in [0.05, 0.1) is 6.54 Å². The first-order valence-electron chi connectivity index (χ1n) is 14.3. The molecule has 0 spiro atoms. The molecule has 4 rings (SSSR count). The van der Waals surface area contributed by atoms with Gasteiger partial charge in [0.15, 0.2) is 5.78 Å². The summed E-state index contributed by atoms with van der Waals surface area (Å²) in [6, 6.07) is 9.61. The molecular formula is C32H47NO2. The Morgan fingerprint density at radius 1 is 1.09 bits per heavy atom. The van der Waals surface area contributed by atoms with Gasteiger partial charge in [0.1, 0.15) is 5.78 Å². The third-order valence-corrected chi connectivity index (χ3v) is 9.39. The average Bonchev–Trinajstić information content (AvgIpc) is 3.04. The topological polar surface area (TPSA) is 37.4 Å². The summed E-state index contributed by atoms with van der Waals surface area (Å²) in [5, 5.41) is 0.